The molecule has 3 aromatic rings. The number of rotatable bonds is 4. The molecule has 3 rings (SSSR count). The Hall–Kier alpha value is -3.14. The third kappa shape index (κ3) is 3.60. The molecule has 0 spiro atoms. The Bertz CT molecular complexity index is 822. The molecule has 0 atom stereocenters. The zero-order chi connectivity index (χ0) is 16.9. The van der Waals surface area contributed by atoms with Crippen LogP contribution < -0.4 is 10.6 Å². The molecule has 1 aromatic heterocycles. The van der Waals surface area contributed by atoms with Crippen LogP contribution in [0.2, 0.25) is 0 Å². The molecule has 1 amide bonds. The van der Waals surface area contributed by atoms with Gasteiger partial charge in [0, 0.05) is 11.4 Å². The van der Waals surface area contributed by atoms with Crippen molar-refractivity contribution in [3.63, 3.8) is 0 Å². The van der Waals surface area contributed by atoms with Crippen molar-refractivity contribution in [2.75, 3.05) is 10.6 Å². The second kappa shape index (κ2) is 6.96. The smallest absolute Gasteiger partial charge is 0.274 e. The number of nitrogens with one attached hydrogen (secondary N) is 2. The number of aryl methyl sites for hydroxylation is 2. The van der Waals surface area contributed by atoms with Gasteiger partial charge in [-0.3, -0.25) is 4.79 Å². The summed E-state index contributed by atoms with van der Waals surface area (Å²) >= 11 is 0. The van der Waals surface area contributed by atoms with E-state index in [4.69, 9.17) is 0 Å². The second-order valence-corrected chi connectivity index (χ2v) is 5.64. The van der Waals surface area contributed by atoms with Gasteiger partial charge in [0.05, 0.1) is 11.9 Å². The Morgan fingerprint density at radius 1 is 0.833 bits per heavy atom. The summed E-state index contributed by atoms with van der Waals surface area (Å²) in [5.74, 6) is -0.210. The summed E-state index contributed by atoms with van der Waals surface area (Å²) in [7, 11) is 0. The molecule has 0 aliphatic carbocycles. The molecule has 0 saturated carbocycles. The van der Waals surface area contributed by atoms with E-state index in [0.717, 1.165) is 28.2 Å². The molecule has 4 nitrogen and oxygen atoms in total. The van der Waals surface area contributed by atoms with Crippen molar-refractivity contribution in [2.45, 2.75) is 13.8 Å². The summed E-state index contributed by atoms with van der Waals surface area (Å²) in [5, 5.41) is 6.19. The normalized spacial score (nSPS) is 10.2. The lowest BCUT2D eigenvalue weighted by molar-refractivity contribution is 0.102. The fourth-order valence-corrected chi connectivity index (χ4v) is 2.48. The van der Waals surface area contributed by atoms with Crippen molar-refractivity contribution in [1.29, 1.82) is 0 Å². The molecule has 0 bridgehead atoms. The molecule has 0 aliphatic rings. The number of pyridine rings is 1. The van der Waals surface area contributed by atoms with E-state index < -0.39 is 0 Å². The lowest BCUT2D eigenvalue weighted by Crippen LogP contribution is -2.15. The van der Waals surface area contributed by atoms with E-state index >= 15 is 0 Å². The maximum atomic E-state index is 12.4. The number of carbonyl (C=O) groups excluding carboxylic acids is 1. The van der Waals surface area contributed by atoms with Gasteiger partial charge in [-0.2, -0.15) is 0 Å². The molecule has 0 saturated heterocycles. The van der Waals surface area contributed by atoms with Gasteiger partial charge in [0.1, 0.15) is 5.69 Å². The Labute approximate surface area is 141 Å². The maximum absolute atomic E-state index is 12.4. The summed E-state index contributed by atoms with van der Waals surface area (Å²) in [4.78, 5) is 16.6. The fraction of sp³-hybridized carbons (Fsp3) is 0.100. The lowest BCUT2D eigenvalue weighted by atomic mass is 10.1. The van der Waals surface area contributed by atoms with Crippen molar-refractivity contribution in [1.82, 2.24) is 4.98 Å². The van der Waals surface area contributed by atoms with E-state index in [1.54, 1.807) is 12.3 Å². The van der Waals surface area contributed by atoms with Crippen LogP contribution in [-0.4, -0.2) is 10.9 Å². The Morgan fingerprint density at radius 3 is 2.17 bits per heavy atom. The average Bonchev–Trinajstić information content (AvgIpc) is 2.60. The SMILES string of the molecule is Cc1cccc(C)c1NC(=O)c1ccc(Nc2ccccc2)cn1. The van der Waals surface area contributed by atoms with Gasteiger partial charge in [-0.1, -0.05) is 36.4 Å². The molecule has 0 radical (unpaired) electrons. The van der Waals surface area contributed by atoms with Gasteiger partial charge in [-0.05, 0) is 49.2 Å². The van der Waals surface area contributed by atoms with Gasteiger partial charge in [0.2, 0.25) is 0 Å². The summed E-state index contributed by atoms with van der Waals surface area (Å²) in [5.41, 5.74) is 5.11. The number of para-hydroxylation sites is 2. The van der Waals surface area contributed by atoms with Crippen LogP contribution in [0.1, 0.15) is 21.6 Å². The van der Waals surface area contributed by atoms with E-state index in [0.29, 0.717) is 5.69 Å². The first-order valence-electron chi connectivity index (χ1n) is 7.79. The molecule has 2 aromatic carbocycles. The summed E-state index contributed by atoms with van der Waals surface area (Å²) in [6, 6.07) is 19.3. The van der Waals surface area contributed by atoms with Gasteiger partial charge < -0.3 is 10.6 Å². The minimum atomic E-state index is -0.210. The molecule has 2 N–H and O–H groups in total. The summed E-state index contributed by atoms with van der Waals surface area (Å²) < 4.78 is 0. The van der Waals surface area contributed by atoms with E-state index in [9.17, 15) is 4.79 Å². The fourth-order valence-electron chi connectivity index (χ4n) is 2.48. The molecule has 1 heterocycles. The second-order valence-electron chi connectivity index (χ2n) is 5.64. The zero-order valence-electron chi connectivity index (χ0n) is 13.7. The number of amides is 1. The van der Waals surface area contributed by atoms with Crippen LogP contribution in [-0.2, 0) is 0 Å². The van der Waals surface area contributed by atoms with E-state index in [1.807, 2.05) is 68.4 Å². The predicted octanol–water partition coefficient (Wildman–Crippen LogP) is 4.69. The first-order valence-corrected chi connectivity index (χ1v) is 7.79. The lowest BCUT2D eigenvalue weighted by Gasteiger charge is -2.11. The standard InChI is InChI=1S/C20H19N3O/c1-14-7-6-8-15(2)19(14)23-20(24)18-12-11-17(13-21-18)22-16-9-4-3-5-10-16/h3-13,22H,1-2H3,(H,23,24). The van der Waals surface area contributed by atoms with E-state index in [2.05, 4.69) is 15.6 Å². The first-order chi connectivity index (χ1) is 11.6. The number of benzene rings is 2. The van der Waals surface area contributed by atoms with Crippen molar-refractivity contribution in [3.8, 4) is 0 Å². The van der Waals surface area contributed by atoms with Crippen LogP contribution in [0.5, 0.6) is 0 Å². The highest BCUT2D eigenvalue weighted by atomic mass is 16.1. The Balaban J connectivity index is 1.72. The van der Waals surface area contributed by atoms with Crippen molar-refractivity contribution < 1.29 is 4.79 Å². The largest absolute Gasteiger partial charge is 0.354 e. The molecular weight excluding hydrogens is 298 g/mol. The number of hydrogen-bond donors (Lipinski definition) is 2. The molecule has 24 heavy (non-hydrogen) atoms. The number of hydrogen-bond acceptors (Lipinski definition) is 3. The van der Waals surface area contributed by atoms with Crippen molar-refractivity contribution in [3.05, 3.63) is 83.7 Å². The maximum Gasteiger partial charge on any atom is 0.274 e. The van der Waals surface area contributed by atoms with Gasteiger partial charge in [-0.25, -0.2) is 4.98 Å². The van der Waals surface area contributed by atoms with Crippen LogP contribution in [0, 0.1) is 13.8 Å². The highest BCUT2D eigenvalue weighted by Crippen LogP contribution is 2.20. The van der Waals surface area contributed by atoms with Crippen molar-refractivity contribution in [2.24, 2.45) is 0 Å². The van der Waals surface area contributed by atoms with Crippen LogP contribution in [0.15, 0.2) is 66.9 Å². The van der Waals surface area contributed by atoms with Crippen molar-refractivity contribution >= 4 is 23.0 Å². The van der Waals surface area contributed by atoms with Gasteiger partial charge in [-0.15, -0.1) is 0 Å². The predicted molar refractivity (Wildman–Crippen MR) is 97.8 cm³/mol. The number of anilines is 3. The average molecular weight is 317 g/mol. The van der Waals surface area contributed by atoms with Gasteiger partial charge >= 0.3 is 0 Å². The number of aromatic nitrogens is 1. The third-order valence-corrected chi connectivity index (χ3v) is 3.78. The minimum absolute atomic E-state index is 0.210. The monoisotopic (exact) mass is 317 g/mol. The highest BCUT2D eigenvalue weighted by molar-refractivity contribution is 6.03. The Morgan fingerprint density at radius 2 is 1.54 bits per heavy atom. The number of carbonyl (C=O) groups is 1. The van der Waals surface area contributed by atoms with Crippen LogP contribution in [0.25, 0.3) is 0 Å². The highest BCUT2D eigenvalue weighted by Gasteiger charge is 2.10. The topological polar surface area (TPSA) is 54.0 Å². The van der Waals surface area contributed by atoms with Crippen LogP contribution in [0.3, 0.4) is 0 Å². The molecular formula is C20H19N3O. The first kappa shape index (κ1) is 15.7. The summed E-state index contributed by atoms with van der Waals surface area (Å²) in [6.07, 6.45) is 1.66. The molecule has 0 fully saturated rings. The minimum Gasteiger partial charge on any atom is -0.354 e. The molecule has 120 valence electrons. The van der Waals surface area contributed by atoms with Gasteiger partial charge in [0.15, 0.2) is 0 Å². The van der Waals surface area contributed by atoms with E-state index in [-0.39, 0.29) is 5.91 Å². The van der Waals surface area contributed by atoms with Crippen LogP contribution in [0.4, 0.5) is 17.1 Å². The third-order valence-electron chi connectivity index (χ3n) is 3.78. The molecule has 0 aliphatic heterocycles. The van der Waals surface area contributed by atoms with Crippen LogP contribution >= 0.6 is 0 Å². The quantitative estimate of drug-likeness (QED) is 0.733. The molecule has 4 heteroatoms. The Kier molecular flexibility index (Phi) is 4.57. The number of nitrogens with zero attached hydrogens (tertiary/aromatic N) is 1. The van der Waals surface area contributed by atoms with E-state index in [1.165, 1.54) is 0 Å². The summed E-state index contributed by atoms with van der Waals surface area (Å²) in [6.45, 7) is 3.95. The molecule has 0 unspecified atom stereocenters. The zero-order valence-corrected chi connectivity index (χ0v) is 13.7. The van der Waals surface area contributed by atoms with Gasteiger partial charge in [0.25, 0.3) is 5.91 Å².